The zero-order valence-corrected chi connectivity index (χ0v) is 18.0. The van der Waals surface area contributed by atoms with Crippen molar-refractivity contribution >= 4 is 23.5 Å². The molecule has 1 aliphatic heterocycles. The van der Waals surface area contributed by atoms with Crippen LogP contribution in [0, 0.1) is 0 Å². The molecule has 1 saturated heterocycles. The van der Waals surface area contributed by atoms with E-state index in [-0.39, 0.29) is 18.6 Å². The molecule has 1 aliphatic rings. The van der Waals surface area contributed by atoms with Crippen LogP contribution in [0.1, 0.15) is 23.2 Å². The molecule has 8 nitrogen and oxygen atoms in total. The highest BCUT2D eigenvalue weighted by Gasteiger charge is 2.24. The van der Waals surface area contributed by atoms with E-state index in [2.05, 4.69) is 9.72 Å². The maximum absolute atomic E-state index is 12.5. The van der Waals surface area contributed by atoms with E-state index < -0.39 is 5.97 Å². The fourth-order valence-electron chi connectivity index (χ4n) is 3.07. The van der Waals surface area contributed by atoms with Crippen LogP contribution in [0.5, 0.6) is 11.5 Å². The van der Waals surface area contributed by atoms with E-state index in [0.29, 0.717) is 55.5 Å². The Morgan fingerprint density at radius 3 is 2.77 bits per heavy atom. The van der Waals surface area contributed by atoms with E-state index in [9.17, 15) is 9.59 Å². The Morgan fingerprint density at radius 1 is 1.19 bits per heavy atom. The molecule has 2 heterocycles. The predicted octanol–water partition coefficient (Wildman–Crippen LogP) is 2.99. The number of carbonyl (C=O) groups excluding carboxylic acids is 2. The largest absolute Gasteiger partial charge is 0.494 e. The van der Waals surface area contributed by atoms with Crippen molar-refractivity contribution in [1.29, 1.82) is 0 Å². The summed E-state index contributed by atoms with van der Waals surface area (Å²) in [5.74, 6) is 0.742. The van der Waals surface area contributed by atoms with Gasteiger partial charge in [0.2, 0.25) is 5.91 Å². The van der Waals surface area contributed by atoms with E-state index >= 15 is 0 Å². The van der Waals surface area contributed by atoms with Gasteiger partial charge in [0.25, 0.3) is 0 Å². The molecule has 1 amide bonds. The normalized spacial score (nSPS) is 15.9. The average molecular weight is 449 g/mol. The van der Waals surface area contributed by atoms with Gasteiger partial charge in [0.15, 0.2) is 0 Å². The topological polar surface area (TPSA) is 87.2 Å². The van der Waals surface area contributed by atoms with Crippen molar-refractivity contribution in [3.63, 3.8) is 0 Å². The minimum Gasteiger partial charge on any atom is -0.494 e. The summed E-state index contributed by atoms with van der Waals surface area (Å²) in [6.07, 6.45) is 3.68. The number of rotatable bonds is 9. The Bertz CT molecular complexity index is 877. The first kappa shape index (κ1) is 22.8. The quantitative estimate of drug-likeness (QED) is 0.430. The van der Waals surface area contributed by atoms with Crippen molar-refractivity contribution in [2.45, 2.75) is 18.9 Å². The summed E-state index contributed by atoms with van der Waals surface area (Å²) in [6.45, 7) is 2.14. The predicted molar refractivity (Wildman–Crippen MR) is 114 cm³/mol. The number of hydrogen-bond acceptors (Lipinski definition) is 7. The van der Waals surface area contributed by atoms with E-state index in [1.807, 2.05) is 0 Å². The second-order valence-corrected chi connectivity index (χ2v) is 7.39. The van der Waals surface area contributed by atoms with E-state index in [4.69, 9.17) is 25.8 Å². The molecular weight excluding hydrogens is 424 g/mol. The Balaban J connectivity index is 1.39. The van der Waals surface area contributed by atoms with Crippen LogP contribution in [0.4, 0.5) is 0 Å². The standard InChI is InChI=1S/C22H25ClN2O6/c1-28-22(27)16-11-19(13-24-12-16)31-15-20-14-25(8-10-30-20)21(26)3-2-9-29-18-6-4-17(23)5-7-18/h4-7,11-13,20H,2-3,8-10,14-15H2,1H3. The minimum absolute atomic E-state index is 0.0577. The molecule has 1 aromatic heterocycles. The van der Waals surface area contributed by atoms with Crippen LogP contribution in [0.3, 0.4) is 0 Å². The molecule has 3 rings (SSSR count). The number of ether oxygens (including phenoxy) is 4. The highest BCUT2D eigenvalue weighted by atomic mass is 35.5. The van der Waals surface area contributed by atoms with Gasteiger partial charge in [0.1, 0.15) is 24.2 Å². The zero-order valence-electron chi connectivity index (χ0n) is 17.3. The lowest BCUT2D eigenvalue weighted by Gasteiger charge is -2.33. The second kappa shape index (κ2) is 11.5. The first-order valence-electron chi connectivity index (χ1n) is 9.99. The number of hydrogen-bond donors (Lipinski definition) is 0. The molecule has 1 aromatic carbocycles. The third-order valence-electron chi connectivity index (χ3n) is 4.68. The number of carbonyl (C=O) groups is 2. The van der Waals surface area contributed by atoms with Gasteiger partial charge in [0.05, 0.1) is 38.6 Å². The van der Waals surface area contributed by atoms with Gasteiger partial charge < -0.3 is 23.8 Å². The first-order valence-corrected chi connectivity index (χ1v) is 10.4. The summed E-state index contributed by atoms with van der Waals surface area (Å²) in [7, 11) is 1.31. The number of esters is 1. The number of pyridine rings is 1. The summed E-state index contributed by atoms with van der Waals surface area (Å²) >= 11 is 5.85. The van der Waals surface area contributed by atoms with E-state index in [1.54, 1.807) is 35.2 Å². The van der Waals surface area contributed by atoms with Crippen LogP contribution < -0.4 is 9.47 Å². The van der Waals surface area contributed by atoms with Gasteiger partial charge in [0, 0.05) is 24.2 Å². The molecular formula is C22H25ClN2O6. The van der Waals surface area contributed by atoms with Gasteiger partial charge in [-0.2, -0.15) is 0 Å². The number of benzene rings is 1. The number of halogens is 1. The number of amides is 1. The fourth-order valence-corrected chi connectivity index (χ4v) is 3.19. The van der Waals surface area contributed by atoms with Gasteiger partial charge in [-0.1, -0.05) is 11.6 Å². The van der Waals surface area contributed by atoms with Gasteiger partial charge in [-0.25, -0.2) is 4.79 Å². The molecule has 0 aliphatic carbocycles. The van der Waals surface area contributed by atoms with Crippen molar-refractivity contribution in [3.05, 3.63) is 53.3 Å². The monoisotopic (exact) mass is 448 g/mol. The lowest BCUT2D eigenvalue weighted by Crippen LogP contribution is -2.47. The highest BCUT2D eigenvalue weighted by Crippen LogP contribution is 2.17. The van der Waals surface area contributed by atoms with Crippen LogP contribution in [0.15, 0.2) is 42.7 Å². The Labute approximate surface area is 186 Å². The third-order valence-corrected chi connectivity index (χ3v) is 4.93. The van der Waals surface area contributed by atoms with Gasteiger partial charge in [-0.15, -0.1) is 0 Å². The molecule has 2 aromatic rings. The third kappa shape index (κ3) is 7.11. The Hall–Kier alpha value is -2.84. The second-order valence-electron chi connectivity index (χ2n) is 6.95. The number of nitrogens with zero attached hydrogens (tertiary/aromatic N) is 2. The van der Waals surface area contributed by atoms with Gasteiger partial charge in [-0.05, 0) is 36.8 Å². The Kier molecular flexibility index (Phi) is 8.49. The maximum Gasteiger partial charge on any atom is 0.339 e. The molecule has 0 radical (unpaired) electrons. The van der Waals surface area contributed by atoms with Crippen LogP contribution in [0.25, 0.3) is 0 Å². The number of methoxy groups -OCH3 is 1. The molecule has 31 heavy (non-hydrogen) atoms. The van der Waals surface area contributed by atoms with Crippen LogP contribution in [-0.4, -0.2) is 67.9 Å². The molecule has 0 N–H and O–H groups in total. The molecule has 0 bridgehead atoms. The summed E-state index contributed by atoms with van der Waals surface area (Å²) in [5, 5.41) is 0.654. The summed E-state index contributed by atoms with van der Waals surface area (Å²) in [6, 6.07) is 8.69. The van der Waals surface area contributed by atoms with Crippen molar-refractivity contribution in [2.75, 3.05) is 40.0 Å². The van der Waals surface area contributed by atoms with Crippen molar-refractivity contribution in [3.8, 4) is 11.5 Å². The number of aromatic nitrogens is 1. The van der Waals surface area contributed by atoms with E-state index in [1.165, 1.54) is 19.5 Å². The van der Waals surface area contributed by atoms with Gasteiger partial charge in [-0.3, -0.25) is 9.78 Å². The zero-order chi connectivity index (χ0) is 22.1. The molecule has 9 heteroatoms. The van der Waals surface area contributed by atoms with Crippen molar-refractivity contribution < 1.29 is 28.5 Å². The molecule has 0 saturated carbocycles. The van der Waals surface area contributed by atoms with Gasteiger partial charge >= 0.3 is 5.97 Å². The van der Waals surface area contributed by atoms with Crippen LogP contribution in [-0.2, 0) is 14.3 Å². The lowest BCUT2D eigenvalue weighted by atomic mass is 10.2. The average Bonchev–Trinajstić information content (AvgIpc) is 2.81. The lowest BCUT2D eigenvalue weighted by molar-refractivity contribution is -0.140. The Morgan fingerprint density at radius 2 is 2.00 bits per heavy atom. The first-order chi connectivity index (χ1) is 15.0. The van der Waals surface area contributed by atoms with Crippen LogP contribution >= 0.6 is 11.6 Å². The molecule has 0 spiro atoms. The minimum atomic E-state index is -0.483. The molecule has 1 unspecified atom stereocenters. The SMILES string of the molecule is COC(=O)c1cncc(OCC2CN(C(=O)CCCOc3ccc(Cl)cc3)CCO2)c1. The summed E-state index contributed by atoms with van der Waals surface area (Å²) in [5.41, 5.74) is 0.308. The summed E-state index contributed by atoms with van der Waals surface area (Å²) < 4.78 is 21.7. The highest BCUT2D eigenvalue weighted by molar-refractivity contribution is 6.30. The smallest absolute Gasteiger partial charge is 0.339 e. The van der Waals surface area contributed by atoms with E-state index in [0.717, 1.165) is 5.75 Å². The molecule has 1 fully saturated rings. The van der Waals surface area contributed by atoms with Crippen molar-refractivity contribution in [1.82, 2.24) is 9.88 Å². The number of morpholine rings is 1. The molecule has 166 valence electrons. The van der Waals surface area contributed by atoms with Crippen LogP contribution in [0.2, 0.25) is 5.02 Å². The maximum atomic E-state index is 12.5. The fraction of sp³-hybridized carbons (Fsp3) is 0.409. The van der Waals surface area contributed by atoms with Crippen molar-refractivity contribution in [2.24, 2.45) is 0 Å². The summed E-state index contributed by atoms with van der Waals surface area (Å²) in [4.78, 5) is 29.9. The molecule has 1 atom stereocenters.